The Kier molecular flexibility index (Phi) is 6.72. The Bertz CT molecular complexity index is 1860. The summed E-state index contributed by atoms with van der Waals surface area (Å²) in [5, 5.41) is 0. The lowest BCUT2D eigenvalue weighted by molar-refractivity contribution is -0.132. The van der Waals surface area contributed by atoms with E-state index in [9.17, 15) is 14.0 Å². The number of hydrogen-bond donors (Lipinski definition) is 0. The zero-order valence-corrected chi connectivity index (χ0v) is 24.0. The molecule has 1 atom stereocenters. The number of fused-ring (bicyclic) bond motifs is 3. The predicted octanol–water partition coefficient (Wildman–Crippen LogP) is 5.00. The van der Waals surface area contributed by atoms with Crippen LogP contribution in [0.25, 0.3) is 11.8 Å². The van der Waals surface area contributed by atoms with Gasteiger partial charge in [0.2, 0.25) is 0 Å². The van der Waals surface area contributed by atoms with Crippen LogP contribution in [0.4, 0.5) is 4.39 Å². The molecule has 2 heterocycles. The average Bonchev–Trinajstić information content (AvgIpc) is 3.23. The van der Waals surface area contributed by atoms with E-state index in [1.54, 1.807) is 28.8 Å². The van der Waals surface area contributed by atoms with Crippen LogP contribution in [0, 0.1) is 9.39 Å². The number of methoxy groups -OCH3 is 1. The van der Waals surface area contributed by atoms with Gasteiger partial charge in [-0.2, -0.15) is 0 Å². The van der Waals surface area contributed by atoms with Gasteiger partial charge in [-0.15, -0.1) is 0 Å². The van der Waals surface area contributed by atoms with Crippen molar-refractivity contribution in [1.29, 1.82) is 0 Å². The quantitative estimate of drug-likeness (QED) is 0.177. The Balaban J connectivity index is 1.56. The summed E-state index contributed by atoms with van der Waals surface area (Å²) in [6.07, 6.45) is 3.40. The standard InChI is InChI=1S/C30H22FIN2O4S/c1-16(35)38-28-23(32)13-17(14-24(28)37-2)15-25-29(36)34-27(19-7-10-20(31)11-8-19)22-12-9-18-5-3-4-6-21(18)26(22)33-30(34)39-25/h3-8,10-11,13-15,27H,9,12H2,1-2H3/b25-15+/t27-/m0/s1. The van der Waals surface area contributed by atoms with Crippen LogP contribution in [0.5, 0.6) is 11.5 Å². The Morgan fingerprint density at radius 3 is 2.67 bits per heavy atom. The number of carbonyl (C=O) groups is 1. The van der Waals surface area contributed by atoms with Crippen LogP contribution < -0.4 is 24.4 Å². The Morgan fingerprint density at radius 2 is 1.92 bits per heavy atom. The fourth-order valence-electron chi connectivity index (χ4n) is 5.18. The second kappa shape index (κ2) is 10.2. The van der Waals surface area contributed by atoms with E-state index in [2.05, 4.69) is 34.7 Å². The molecule has 0 unspecified atom stereocenters. The predicted molar refractivity (Wildman–Crippen MR) is 156 cm³/mol. The molecule has 6 rings (SSSR count). The number of benzene rings is 3. The van der Waals surface area contributed by atoms with Gasteiger partial charge in [0.1, 0.15) is 5.82 Å². The summed E-state index contributed by atoms with van der Waals surface area (Å²) in [7, 11) is 1.50. The minimum atomic E-state index is -0.446. The Labute approximate surface area is 240 Å². The molecular weight excluding hydrogens is 630 g/mol. The van der Waals surface area contributed by atoms with Crippen molar-refractivity contribution in [2.75, 3.05) is 7.11 Å². The zero-order chi connectivity index (χ0) is 27.3. The topological polar surface area (TPSA) is 69.9 Å². The maximum Gasteiger partial charge on any atom is 0.308 e. The second-order valence-electron chi connectivity index (χ2n) is 9.29. The fraction of sp³-hybridized carbons (Fsp3) is 0.167. The first-order chi connectivity index (χ1) is 18.8. The van der Waals surface area contributed by atoms with Crippen molar-refractivity contribution in [2.45, 2.75) is 25.8 Å². The number of hydrogen-bond acceptors (Lipinski definition) is 6. The molecule has 1 aliphatic heterocycles. The maximum absolute atomic E-state index is 13.9. The number of esters is 1. The molecule has 0 fully saturated rings. The van der Waals surface area contributed by atoms with E-state index >= 15 is 0 Å². The van der Waals surface area contributed by atoms with Gasteiger partial charge < -0.3 is 9.47 Å². The molecule has 9 heteroatoms. The molecular formula is C30H22FIN2O4S. The van der Waals surface area contributed by atoms with Crippen molar-refractivity contribution in [3.05, 3.63) is 118 Å². The molecule has 0 saturated heterocycles. The summed E-state index contributed by atoms with van der Waals surface area (Å²) in [6, 6.07) is 17.8. The highest BCUT2D eigenvalue weighted by atomic mass is 127. The van der Waals surface area contributed by atoms with E-state index in [0.29, 0.717) is 24.4 Å². The van der Waals surface area contributed by atoms with E-state index in [-0.39, 0.29) is 17.4 Å². The molecule has 0 spiro atoms. The molecule has 0 saturated carbocycles. The van der Waals surface area contributed by atoms with Crippen LogP contribution in [0.2, 0.25) is 0 Å². The first-order valence-electron chi connectivity index (χ1n) is 12.3. The highest BCUT2D eigenvalue weighted by Gasteiger charge is 2.32. The number of aromatic nitrogens is 1. The molecule has 1 aromatic heterocycles. The molecule has 2 aliphatic rings. The highest BCUT2D eigenvalue weighted by Crippen LogP contribution is 2.41. The van der Waals surface area contributed by atoms with Gasteiger partial charge >= 0.3 is 5.97 Å². The smallest absolute Gasteiger partial charge is 0.308 e. The lowest BCUT2D eigenvalue weighted by Crippen LogP contribution is -2.38. The fourth-order valence-corrected chi connectivity index (χ4v) is 6.92. The van der Waals surface area contributed by atoms with Gasteiger partial charge in [0.05, 0.1) is 27.0 Å². The Hall–Kier alpha value is -3.57. The summed E-state index contributed by atoms with van der Waals surface area (Å²) >= 11 is 3.39. The first kappa shape index (κ1) is 25.7. The molecule has 4 aromatic rings. The van der Waals surface area contributed by atoms with E-state index < -0.39 is 5.97 Å². The summed E-state index contributed by atoms with van der Waals surface area (Å²) in [6.45, 7) is 1.33. The summed E-state index contributed by atoms with van der Waals surface area (Å²) in [5.41, 5.74) is 5.65. The second-order valence-corrected chi connectivity index (χ2v) is 11.5. The van der Waals surface area contributed by atoms with Crippen molar-refractivity contribution in [1.82, 2.24) is 4.57 Å². The normalized spacial score (nSPS) is 16.2. The minimum Gasteiger partial charge on any atom is -0.493 e. The maximum atomic E-state index is 13.9. The minimum absolute atomic E-state index is 0.170. The summed E-state index contributed by atoms with van der Waals surface area (Å²) in [4.78, 5) is 31.1. The van der Waals surface area contributed by atoms with Crippen LogP contribution in [0.15, 0.2) is 76.0 Å². The van der Waals surface area contributed by atoms with Gasteiger partial charge in [-0.1, -0.05) is 47.7 Å². The Morgan fingerprint density at radius 1 is 1.15 bits per heavy atom. The molecule has 39 heavy (non-hydrogen) atoms. The molecule has 0 amide bonds. The summed E-state index contributed by atoms with van der Waals surface area (Å²) in [5.74, 6) is -0.0343. The van der Waals surface area contributed by atoms with Crippen molar-refractivity contribution < 1.29 is 18.7 Å². The molecule has 0 bridgehead atoms. The van der Waals surface area contributed by atoms with Crippen LogP contribution >= 0.6 is 33.9 Å². The van der Waals surface area contributed by atoms with Gasteiger partial charge in [0, 0.05) is 12.5 Å². The molecule has 1 aliphatic carbocycles. The molecule has 3 aromatic carbocycles. The number of rotatable bonds is 4. The van der Waals surface area contributed by atoms with Crippen LogP contribution in [-0.4, -0.2) is 17.6 Å². The van der Waals surface area contributed by atoms with Gasteiger partial charge in [-0.3, -0.25) is 14.2 Å². The number of halogens is 2. The summed E-state index contributed by atoms with van der Waals surface area (Å²) < 4.78 is 27.6. The number of carbonyl (C=O) groups excluding carboxylic acids is 1. The average molecular weight is 652 g/mol. The highest BCUT2D eigenvalue weighted by molar-refractivity contribution is 14.1. The van der Waals surface area contributed by atoms with Crippen LogP contribution in [0.3, 0.4) is 0 Å². The van der Waals surface area contributed by atoms with Crippen LogP contribution in [-0.2, 0) is 11.2 Å². The lowest BCUT2D eigenvalue weighted by Gasteiger charge is -2.30. The lowest BCUT2D eigenvalue weighted by atomic mass is 9.83. The first-order valence-corrected chi connectivity index (χ1v) is 14.2. The van der Waals surface area contributed by atoms with Gasteiger partial charge in [-0.05, 0) is 88.0 Å². The number of ether oxygens (including phenoxy) is 2. The van der Waals surface area contributed by atoms with Crippen LogP contribution in [0.1, 0.15) is 41.6 Å². The van der Waals surface area contributed by atoms with E-state index in [1.165, 1.54) is 43.1 Å². The third-order valence-corrected chi connectivity index (χ3v) is 8.64. The SMILES string of the molecule is COc1cc(/C=c2/sc3n(c2=O)[C@@H](c2ccc(F)cc2)C2=C(N=3)c3ccccc3CC2)cc(I)c1OC(C)=O. The van der Waals surface area contributed by atoms with E-state index in [1.807, 2.05) is 18.2 Å². The third-order valence-electron chi connectivity index (χ3n) is 6.85. The molecule has 196 valence electrons. The van der Waals surface area contributed by atoms with Crippen molar-refractivity contribution >= 4 is 51.7 Å². The monoisotopic (exact) mass is 652 g/mol. The van der Waals surface area contributed by atoms with Crippen molar-refractivity contribution in [3.8, 4) is 11.5 Å². The van der Waals surface area contributed by atoms with E-state index in [4.69, 9.17) is 14.5 Å². The molecule has 6 nitrogen and oxygen atoms in total. The number of allylic oxidation sites excluding steroid dienone is 1. The van der Waals surface area contributed by atoms with Gasteiger partial charge in [-0.25, -0.2) is 9.38 Å². The number of aryl methyl sites for hydroxylation is 1. The van der Waals surface area contributed by atoms with Gasteiger partial charge in [0.15, 0.2) is 16.3 Å². The van der Waals surface area contributed by atoms with Gasteiger partial charge in [0.25, 0.3) is 5.56 Å². The third kappa shape index (κ3) is 4.63. The zero-order valence-electron chi connectivity index (χ0n) is 21.0. The van der Waals surface area contributed by atoms with Crippen molar-refractivity contribution in [3.63, 3.8) is 0 Å². The largest absolute Gasteiger partial charge is 0.493 e. The number of thiazole rings is 1. The van der Waals surface area contributed by atoms with E-state index in [0.717, 1.165) is 40.8 Å². The molecule has 0 radical (unpaired) electrons. The van der Waals surface area contributed by atoms with Crippen molar-refractivity contribution in [2.24, 2.45) is 4.99 Å². The number of nitrogens with zero attached hydrogens (tertiary/aromatic N) is 2. The molecule has 0 N–H and O–H groups in total.